The van der Waals surface area contributed by atoms with Crippen molar-refractivity contribution >= 4 is 22.6 Å². The number of hydrogen-bond acceptors (Lipinski definition) is 2. The maximum Gasteiger partial charge on any atom is 0.129 e. The molecule has 0 aliphatic heterocycles. The maximum atomic E-state index is 14.1. The second-order valence-electron chi connectivity index (χ2n) is 6.46. The summed E-state index contributed by atoms with van der Waals surface area (Å²) in [4.78, 5) is 8.10. The number of halogens is 2. The zero-order valence-electron chi connectivity index (χ0n) is 14.6. The van der Waals surface area contributed by atoms with Crippen LogP contribution in [0.1, 0.15) is 23.0 Å². The minimum absolute atomic E-state index is 0.101. The smallest absolute Gasteiger partial charge is 0.129 e. The van der Waals surface area contributed by atoms with Crippen LogP contribution in [0.2, 0.25) is 5.02 Å². The Labute approximate surface area is 162 Å². The third-order valence-corrected chi connectivity index (χ3v) is 4.96. The number of fused-ring (bicyclic) bond motifs is 1. The lowest BCUT2D eigenvalue weighted by Gasteiger charge is -2.18. The van der Waals surface area contributed by atoms with Gasteiger partial charge in [0.2, 0.25) is 0 Å². The SMILES string of the molecule is Fc1cccc(Cl)c1CN[C@H](Cc1ccccc1)c1nc2ccccc2[nH]1. The molecule has 4 aromatic rings. The summed E-state index contributed by atoms with van der Waals surface area (Å²) >= 11 is 6.18. The summed E-state index contributed by atoms with van der Waals surface area (Å²) in [6.07, 6.45) is 0.729. The van der Waals surface area contributed by atoms with Crippen LogP contribution in [0.3, 0.4) is 0 Å². The van der Waals surface area contributed by atoms with Crippen molar-refractivity contribution in [2.45, 2.75) is 19.0 Å². The summed E-state index contributed by atoms with van der Waals surface area (Å²) < 4.78 is 14.1. The van der Waals surface area contributed by atoms with Crippen molar-refractivity contribution < 1.29 is 4.39 Å². The molecule has 0 radical (unpaired) electrons. The lowest BCUT2D eigenvalue weighted by Crippen LogP contribution is -2.24. The minimum Gasteiger partial charge on any atom is -0.341 e. The number of nitrogens with one attached hydrogen (secondary N) is 2. The highest BCUT2D eigenvalue weighted by atomic mass is 35.5. The van der Waals surface area contributed by atoms with Crippen molar-refractivity contribution in [2.75, 3.05) is 0 Å². The molecule has 136 valence electrons. The monoisotopic (exact) mass is 379 g/mol. The number of imidazole rings is 1. The Morgan fingerprint density at radius 1 is 0.963 bits per heavy atom. The van der Waals surface area contributed by atoms with Crippen LogP contribution in [-0.4, -0.2) is 9.97 Å². The van der Waals surface area contributed by atoms with Gasteiger partial charge in [-0.25, -0.2) is 9.37 Å². The lowest BCUT2D eigenvalue weighted by molar-refractivity contribution is 0.497. The van der Waals surface area contributed by atoms with E-state index in [0.717, 1.165) is 23.3 Å². The summed E-state index contributed by atoms with van der Waals surface area (Å²) in [5.41, 5.74) is 3.54. The van der Waals surface area contributed by atoms with Crippen molar-refractivity contribution in [2.24, 2.45) is 0 Å². The molecule has 1 atom stereocenters. The first-order chi connectivity index (χ1) is 13.2. The standard InChI is InChI=1S/C22H19ClFN3/c23-17-9-6-10-18(24)16(17)14-25-21(13-15-7-2-1-3-8-15)22-26-19-11-4-5-12-20(19)27-22/h1-12,21,25H,13-14H2,(H,26,27)/t21-/m1/s1. The van der Waals surface area contributed by atoms with Crippen LogP contribution in [-0.2, 0) is 13.0 Å². The topological polar surface area (TPSA) is 40.7 Å². The van der Waals surface area contributed by atoms with Gasteiger partial charge in [-0.05, 0) is 36.2 Å². The van der Waals surface area contributed by atoms with Gasteiger partial charge in [-0.3, -0.25) is 0 Å². The number of hydrogen-bond donors (Lipinski definition) is 2. The Morgan fingerprint density at radius 2 is 1.74 bits per heavy atom. The first-order valence-electron chi connectivity index (χ1n) is 8.85. The quantitative estimate of drug-likeness (QED) is 0.469. The van der Waals surface area contributed by atoms with E-state index in [1.807, 2.05) is 42.5 Å². The number of para-hydroxylation sites is 2. The molecule has 0 aliphatic carbocycles. The molecule has 0 spiro atoms. The lowest BCUT2D eigenvalue weighted by atomic mass is 10.0. The predicted molar refractivity (Wildman–Crippen MR) is 107 cm³/mol. The van der Waals surface area contributed by atoms with Crippen LogP contribution >= 0.6 is 11.6 Å². The zero-order chi connectivity index (χ0) is 18.6. The van der Waals surface area contributed by atoms with Crippen molar-refractivity contribution in [1.29, 1.82) is 0 Å². The highest BCUT2D eigenvalue weighted by Crippen LogP contribution is 2.23. The van der Waals surface area contributed by atoms with E-state index in [2.05, 4.69) is 22.4 Å². The molecule has 0 fully saturated rings. The number of nitrogens with zero attached hydrogens (tertiary/aromatic N) is 1. The Balaban J connectivity index is 1.63. The van der Waals surface area contributed by atoms with Crippen LogP contribution in [0.15, 0.2) is 72.8 Å². The maximum absolute atomic E-state index is 14.1. The molecular formula is C22H19ClFN3. The van der Waals surface area contributed by atoms with Gasteiger partial charge in [-0.15, -0.1) is 0 Å². The highest BCUT2D eigenvalue weighted by Gasteiger charge is 2.18. The first kappa shape index (κ1) is 17.7. The van der Waals surface area contributed by atoms with E-state index >= 15 is 0 Å². The molecule has 0 aliphatic rings. The molecular weight excluding hydrogens is 361 g/mol. The summed E-state index contributed by atoms with van der Waals surface area (Å²) in [5, 5.41) is 3.85. The van der Waals surface area contributed by atoms with E-state index in [1.54, 1.807) is 12.1 Å². The Morgan fingerprint density at radius 3 is 2.52 bits per heavy atom. The van der Waals surface area contributed by atoms with Gasteiger partial charge in [0.25, 0.3) is 0 Å². The van der Waals surface area contributed by atoms with Crippen molar-refractivity contribution in [3.63, 3.8) is 0 Å². The molecule has 5 heteroatoms. The fraction of sp³-hybridized carbons (Fsp3) is 0.136. The molecule has 0 amide bonds. The fourth-order valence-corrected chi connectivity index (χ4v) is 3.41. The minimum atomic E-state index is -0.307. The predicted octanol–water partition coefficient (Wildman–Crippen LogP) is 5.43. The molecule has 0 saturated heterocycles. The summed E-state index contributed by atoms with van der Waals surface area (Å²) in [7, 11) is 0. The zero-order valence-corrected chi connectivity index (χ0v) is 15.4. The van der Waals surface area contributed by atoms with E-state index in [1.165, 1.54) is 11.6 Å². The molecule has 1 heterocycles. The molecule has 0 saturated carbocycles. The molecule has 0 unspecified atom stereocenters. The molecule has 3 nitrogen and oxygen atoms in total. The average molecular weight is 380 g/mol. The van der Waals surface area contributed by atoms with Crippen molar-refractivity contribution in [3.05, 3.63) is 101 Å². The summed E-state index contributed by atoms with van der Waals surface area (Å²) in [6, 6.07) is 22.7. The molecule has 2 N–H and O–H groups in total. The first-order valence-corrected chi connectivity index (χ1v) is 9.23. The van der Waals surface area contributed by atoms with E-state index in [9.17, 15) is 4.39 Å². The number of aromatic nitrogens is 2. The second kappa shape index (κ2) is 7.91. The number of rotatable bonds is 6. The Bertz CT molecular complexity index is 993. The Kier molecular flexibility index (Phi) is 5.19. The second-order valence-corrected chi connectivity index (χ2v) is 6.87. The Hall–Kier alpha value is -2.69. The van der Waals surface area contributed by atoms with Gasteiger partial charge in [0.15, 0.2) is 0 Å². The number of benzene rings is 3. The third-order valence-electron chi connectivity index (χ3n) is 4.61. The normalized spacial score (nSPS) is 12.4. The summed E-state index contributed by atoms with van der Waals surface area (Å²) in [5.74, 6) is 0.519. The summed E-state index contributed by atoms with van der Waals surface area (Å²) in [6.45, 7) is 0.319. The van der Waals surface area contributed by atoms with Gasteiger partial charge in [0, 0.05) is 17.1 Å². The molecule has 3 aromatic carbocycles. The van der Waals surface area contributed by atoms with Gasteiger partial charge in [-0.1, -0.05) is 60.1 Å². The number of H-pyrrole nitrogens is 1. The molecule has 1 aromatic heterocycles. The van der Waals surface area contributed by atoms with E-state index in [4.69, 9.17) is 16.6 Å². The van der Waals surface area contributed by atoms with E-state index in [-0.39, 0.29) is 11.9 Å². The van der Waals surface area contributed by atoms with Crippen LogP contribution in [0.5, 0.6) is 0 Å². The van der Waals surface area contributed by atoms with E-state index < -0.39 is 0 Å². The highest BCUT2D eigenvalue weighted by molar-refractivity contribution is 6.31. The van der Waals surface area contributed by atoms with Crippen LogP contribution in [0, 0.1) is 5.82 Å². The van der Waals surface area contributed by atoms with Crippen LogP contribution in [0.4, 0.5) is 4.39 Å². The van der Waals surface area contributed by atoms with Gasteiger partial charge in [-0.2, -0.15) is 0 Å². The van der Waals surface area contributed by atoms with Gasteiger partial charge in [0.05, 0.1) is 17.1 Å². The fourth-order valence-electron chi connectivity index (χ4n) is 3.18. The van der Waals surface area contributed by atoms with Crippen LogP contribution in [0.25, 0.3) is 11.0 Å². The van der Waals surface area contributed by atoms with Crippen LogP contribution < -0.4 is 5.32 Å². The molecule has 0 bridgehead atoms. The molecule has 27 heavy (non-hydrogen) atoms. The van der Waals surface area contributed by atoms with Gasteiger partial charge in [0.1, 0.15) is 11.6 Å². The third kappa shape index (κ3) is 4.02. The average Bonchev–Trinajstić information content (AvgIpc) is 3.11. The van der Waals surface area contributed by atoms with E-state index in [0.29, 0.717) is 17.1 Å². The largest absolute Gasteiger partial charge is 0.341 e. The molecule has 4 rings (SSSR count). The van der Waals surface area contributed by atoms with Crippen molar-refractivity contribution in [3.8, 4) is 0 Å². The van der Waals surface area contributed by atoms with Gasteiger partial charge >= 0.3 is 0 Å². The van der Waals surface area contributed by atoms with Gasteiger partial charge < -0.3 is 10.3 Å². The van der Waals surface area contributed by atoms with Crippen molar-refractivity contribution in [1.82, 2.24) is 15.3 Å². The number of aromatic amines is 1.